The van der Waals surface area contributed by atoms with Gasteiger partial charge < -0.3 is 39.1 Å². The smallest absolute Gasteiger partial charge is 0.445 e. The summed E-state index contributed by atoms with van der Waals surface area (Å²) in [5.41, 5.74) is 1.22. The summed E-state index contributed by atoms with van der Waals surface area (Å²) in [5, 5.41) is 27.7. The average molecular weight is 800 g/mol. The van der Waals surface area contributed by atoms with Crippen molar-refractivity contribution in [3.63, 3.8) is 0 Å². The first-order valence-corrected chi connectivity index (χ1v) is 18.4. The first-order valence-electron chi connectivity index (χ1n) is 17.7. The van der Waals surface area contributed by atoms with Crippen LogP contribution in [0.5, 0.6) is 0 Å². The van der Waals surface area contributed by atoms with E-state index in [1.165, 1.54) is 5.56 Å². The van der Waals surface area contributed by atoms with Gasteiger partial charge in [-0.05, 0) is 131 Å². The molecule has 2 aromatic rings. The van der Waals surface area contributed by atoms with Crippen molar-refractivity contribution in [1.82, 2.24) is 0 Å². The second-order valence-corrected chi connectivity index (χ2v) is 17.4. The van der Waals surface area contributed by atoms with Gasteiger partial charge in [0.05, 0.1) is 41.3 Å². The number of benzene rings is 2. The molecule has 3 radical (unpaired) electrons. The van der Waals surface area contributed by atoms with Crippen molar-refractivity contribution in [2.24, 2.45) is 0 Å². The van der Waals surface area contributed by atoms with Gasteiger partial charge >= 0.3 is 7.12 Å². The molecule has 0 aromatic heterocycles. The van der Waals surface area contributed by atoms with Gasteiger partial charge in [-0.3, -0.25) is 9.59 Å². The van der Waals surface area contributed by atoms with E-state index in [-0.39, 0.29) is 37.6 Å². The first kappa shape index (κ1) is 48.8. The topological polar surface area (TPSA) is 129 Å². The van der Waals surface area contributed by atoms with Crippen LogP contribution >= 0.6 is 15.9 Å². The van der Waals surface area contributed by atoms with Gasteiger partial charge in [-0.15, -0.1) is 0 Å². The number of aliphatic hydroxyl groups is 3. The van der Waals surface area contributed by atoms with E-state index < -0.39 is 22.4 Å². The summed E-state index contributed by atoms with van der Waals surface area (Å²) in [5.74, 6) is 0.360. The molecular weight excluding hydrogens is 737 g/mol. The van der Waals surface area contributed by atoms with E-state index in [0.717, 1.165) is 47.1 Å². The van der Waals surface area contributed by atoms with E-state index >= 15 is 0 Å². The average Bonchev–Trinajstić information content (AvgIpc) is 3.22. The molecule has 0 aliphatic carbocycles. The molecule has 0 saturated carbocycles. The van der Waals surface area contributed by atoms with Crippen molar-refractivity contribution >= 4 is 66.8 Å². The van der Waals surface area contributed by atoms with Crippen molar-refractivity contribution in [1.29, 1.82) is 0 Å². The minimum absolute atomic E-state index is 0. The molecule has 0 spiro atoms. The normalized spacial score (nSPS) is 17.8. The maximum atomic E-state index is 11.9. The predicted molar refractivity (Wildman–Crippen MR) is 222 cm³/mol. The van der Waals surface area contributed by atoms with E-state index in [1.807, 2.05) is 50.5 Å². The van der Waals surface area contributed by atoms with Crippen LogP contribution in [0.3, 0.4) is 0 Å². The molecule has 1 saturated heterocycles. The highest BCUT2D eigenvalue weighted by Crippen LogP contribution is 2.38. The lowest BCUT2D eigenvalue weighted by atomic mass is 9.70. The lowest BCUT2D eigenvalue weighted by Crippen LogP contribution is -2.48. The molecule has 53 heavy (non-hydrogen) atoms. The number of anilines is 2. The zero-order valence-corrected chi connectivity index (χ0v) is 35.3. The van der Waals surface area contributed by atoms with Gasteiger partial charge in [0.25, 0.3) is 0 Å². The minimum atomic E-state index is -1.01. The third kappa shape index (κ3) is 12.2. The standard InChI is InChI=1S/C16H22BNO3.C10H10BrNO.C6H13B2O2.C6H14O2.CH4/c1-15(2)16(3,4)21-17(20-15)12-7-6-8-13-11(12)9-10-14(19)18(13)5;1-12-9-4-2-3-8(11)7(9)5-6-10(12)13;1-5(2,9)6(3,4)10-8-7;1-5(2,7)6(3,4)8;/h6-8H,9-10H2,1-5H3;2-4H,5-6H2,1H3;9H,1-4H3;7-8H,1-4H3;1H4. The molecular formula is C39H63B3BrN2O8. The lowest BCUT2D eigenvalue weighted by Gasteiger charge is -2.37. The monoisotopic (exact) mass is 799 g/mol. The fourth-order valence-corrected chi connectivity index (χ4v) is 5.41. The second kappa shape index (κ2) is 18.2. The number of carbonyl (C=O) groups is 2. The van der Waals surface area contributed by atoms with Gasteiger partial charge in [0.15, 0.2) is 0 Å². The van der Waals surface area contributed by atoms with E-state index in [4.69, 9.17) is 31.9 Å². The minimum Gasteiger partial charge on any atom is -0.445 e. The Morgan fingerprint density at radius 1 is 0.736 bits per heavy atom. The van der Waals surface area contributed by atoms with Gasteiger partial charge in [-0.1, -0.05) is 41.6 Å². The number of halogens is 1. The van der Waals surface area contributed by atoms with Crippen LogP contribution in [0.15, 0.2) is 40.9 Å². The molecule has 10 nitrogen and oxygen atoms in total. The number of carbonyl (C=O) groups excluding carboxylic acids is 2. The Morgan fingerprint density at radius 2 is 1.13 bits per heavy atom. The molecule has 14 heteroatoms. The van der Waals surface area contributed by atoms with Crippen molar-refractivity contribution in [2.45, 2.75) is 150 Å². The quantitative estimate of drug-likeness (QED) is 0.331. The van der Waals surface area contributed by atoms with Crippen LogP contribution in [0.1, 0.15) is 114 Å². The first-order chi connectivity index (χ1) is 23.5. The Labute approximate surface area is 330 Å². The number of amides is 2. The maximum Gasteiger partial charge on any atom is 0.495 e. The number of rotatable bonds is 5. The third-order valence-electron chi connectivity index (χ3n) is 10.8. The molecule has 0 atom stereocenters. The molecule has 5 rings (SSSR count). The van der Waals surface area contributed by atoms with Gasteiger partial charge in [-0.2, -0.15) is 0 Å². The summed E-state index contributed by atoms with van der Waals surface area (Å²) in [4.78, 5) is 26.7. The van der Waals surface area contributed by atoms with Crippen LogP contribution in [0, 0.1) is 0 Å². The van der Waals surface area contributed by atoms with Crippen LogP contribution in [-0.4, -0.2) is 97.1 Å². The molecule has 2 aromatic carbocycles. The van der Waals surface area contributed by atoms with Crippen LogP contribution in [0.2, 0.25) is 0 Å². The number of hydrogen-bond acceptors (Lipinski definition) is 8. The second-order valence-electron chi connectivity index (χ2n) is 16.5. The molecule has 0 bridgehead atoms. The van der Waals surface area contributed by atoms with Crippen molar-refractivity contribution in [3.8, 4) is 0 Å². The SMILES string of the molecule is C.CC(C)(O)C(C)(C)O.CN1C(=O)CCc2c(B3OC(C)(C)C(C)(C)O3)cccc21.CN1C(=O)CCc2c(Br)cccc21.[B][B]OC(C)(C)C(C)(C)O. The molecule has 3 heterocycles. The maximum absolute atomic E-state index is 11.9. The van der Waals surface area contributed by atoms with Crippen LogP contribution in [0.25, 0.3) is 0 Å². The highest BCUT2D eigenvalue weighted by atomic mass is 79.9. The number of fused-ring (bicyclic) bond motifs is 2. The Hall–Kier alpha value is -2.19. The zero-order chi connectivity index (χ0) is 40.3. The Balaban J connectivity index is 0.000000380. The largest absolute Gasteiger partial charge is 0.495 e. The van der Waals surface area contributed by atoms with Crippen molar-refractivity contribution in [3.05, 3.63) is 52.0 Å². The molecule has 3 aliphatic heterocycles. The van der Waals surface area contributed by atoms with E-state index in [1.54, 1.807) is 65.2 Å². The molecule has 1 fully saturated rings. The molecule has 293 valence electrons. The molecule has 3 N–H and O–H groups in total. The van der Waals surface area contributed by atoms with Crippen LogP contribution in [0.4, 0.5) is 11.4 Å². The highest BCUT2D eigenvalue weighted by Gasteiger charge is 2.52. The number of hydrogen-bond donors (Lipinski definition) is 3. The van der Waals surface area contributed by atoms with Gasteiger partial charge in [-0.25, -0.2) is 0 Å². The number of nitrogens with zero attached hydrogens (tertiary/aromatic N) is 2. The zero-order valence-electron chi connectivity index (χ0n) is 33.7. The van der Waals surface area contributed by atoms with Crippen LogP contribution < -0.4 is 15.3 Å². The summed E-state index contributed by atoms with van der Waals surface area (Å²) in [6.07, 6.45) is 2.75. The van der Waals surface area contributed by atoms with Gasteiger partial charge in [0, 0.05) is 42.8 Å². The van der Waals surface area contributed by atoms with E-state index in [0.29, 0.717) is 12.8 Å². The summed E-state index contributed by atoms with van der Waals surface area (Å²) >= 11 is 3.49. The summed E-state index contributed by atoms with van der Waals surface area (Å²) in [6.45, 7) is 21.4. The highest BCUT2D eigenvalue weighted by molar-refractivity contribution is 9.10. The van der Waals surface area contributed by atoms with Crippen molar-refractivity contribution < 1.29 is 38.9 Å². The fraction of sp³-hybridized carbons (Fsp3) is 0.641. The van der Waals surface area contributed by atoms with E-state index in [2.05, 4.69) is 43.6 Å². The Morgan fingerprint density at radius 3 is 1.51 bits per heavy atom. The Bertz CT molecular complexity index is 1520. The predicted octanol–water partition coefficient (Wildman–Crippen LogP) is 5.67. The summed E-state index contributed by atoms with van der Waals surface area (Å²) < 4.78 is 18.4. The van der Waals surface area contributed by atoms with Crippen LogP contribution in [-0.2, 0) is 36.4 Å². The van der Waals surface area contributed by atoms with Gasteiger partial charge in [0.1, 0.15) is 0 Å². The van der Waals surface area contributed by atoms with E-state index in [9.17, 15) is 14.7 Å². The fourth-order valence-electron chi connectivity index (χ4n) is 4.86. The van der Waals surface area contributed by atoms with Gasteiger partial charge in [0.2, 0.25) is 19.2 Å². The summed E-state index contributed by atoms with van der Waals surface area (Å²) in [6, 6.07) is 12.0. The Kier molecular flexibility index (Phi) is 16.7. The lowest BCUT2D eigenvalue weighted by molar-refractivity contribution is -0.119. The van der Waals surface area contributed by atoms with Crippen molar-refractivity contribution in [2.75, 3.05) is 23.9 Å². The molecule has 3 aliphatic rings. The summed E-state index contributed by atoms with van der Waals surface area (Å²) in [7, 11) is 9.43. The molecule has 0 unspecified atom stereocenters. The third-order valence-corrected chi connectivity index (χ3v) is 11.5. The molecule has 2 amide bonds.